The lowest BCUT2D eigenvalue weighted by molar-refractivity contribution is 0.277. The second-order valence-electron chi connectivity index (χ2n) is 8.56. The van der Waals surface area contributed by atoms with Crippen LogP contribution in [0.2, 0.25) is 10.0 Å². The van der Waals surface area contributed by atoms with Crippen LogP contribution in [0.25, 0.3) is 10.9 Å². The number of nitriles is 1. The summed E-state index contributed by atoms with van der Waals surface area (Å²) in [7, 11) is 0. The highest BCUT2D eigenvalue weighted by atomic mass is 35.5. The summed E-state index contributed by atoms with van der Waals surface area (Å²) in [4.78, 5) is 4.41. The lowest BCUT2D eigenvalue weighted by Gasteiger charge is -2.22. The van der Waals surface area contributed by atoms with Gasteiger partial charge in [-0.3, -0.25) is 9.99 Å². The summed E-state index contributed by atoms with van der Waals surface area (Å²) >= 11 is 12.7. The Morgan fingerprint density at radius 3 is 2.61 bits per heavy atom. The Morgan fingerprint density at radius 1 is 1.08 bits per heavy atom. The summed E-state index contributed by atoms with van der Waals surface area (Å²) in [6.07, 6.45) is 3.41. The molecule has 0 saturated heterocycles. The molecule has 38 heavy (non-hydrogen) atoms. The Hall–Kier alpha value is -4.07. The van der Waals surface area contributed by atoms with Crippen molar-refractivity contribution in [2.45, 2.75) is 6.04 Å². The summed E-state index contributed by atoms with van der Waals surface area (Å²) in [5.41, 5.74) is 16.4. The van der Waals surface area contributed by atoms with Crippen molar-refractivity contribution in [1.29, 1.82) is 5.26 Å². The molecule has 0 unspecified atom stereocenters. The van der Waals surface area contributed by atoms with Crippen LogP contribution in [-0.2, 0) is 0 Å². The molecule has 1 aliphatic rings. The van der Waals surface area contributed by atoms with E-state index in [-0.39, 0.29) is 11.1 Å². The van der Waals surface area contributed by atoms with E-state index in [0.29, 0.717) is 51.6 Å². The average molecular weight is 549 g/mol. The zero-order chi connectivity index (χ0) is 26.6. The van der Waals surface area contributed by atoms with Gasteiger partial charge in [-0.1, -0.05) is 53.5 Å². The van der Waals surface area contributed by atoms with E-state index in [1.165, 1.54) is 18.3 Å². The third kappa shape index (κ3) is 5.30. The van der Waals surface area contributed by atoms with Crippen molar-refractivity contribution in [3.63, 3.8) is 0 Å². The van der Waals surface area contributed by atoms with Gasteiger partial charge in [0.15, 0.2) is 0 Å². The molecule has 0 saturated carbocycles. The topological polar surface area (TPSA) is 114 Å². The first-order valence-electron chi connectivity index (χ1n) is 11.7. The number of halogens is 3. The molecule has 4 aromatic rings. The van der Waals surface area contributed by atoms with E-state index < -0.39 is 5.82 Å². The third-order valence-corrected chi connectivity index (χ3v) is 6.58. The molecule has 6 N–H and O–H groups in total. The number of anilines is 3. The number of rotatable bonds is 8. The van der Waals surface area contributed by atoms with Crippen LogP contribution >= 0.6 is 23.2 Å². The monoisotopic (exact) mass is 548 g/mol. The van der Waals surface area contributed by atoms with E-state index in [9.17, 15) is 9.65 Å². The minimum atomic E-state index is -0.534. The van der Waals surface area contributed by atoms with Crippen LogP contribution in [0.4, 0.5) is 21.5 Å². The fourth-order valence-electron chi connectivity index (χ4n) is 4.21. The van der Waals surface area contributed by atoms with E-state index in [2.05, 4.69) is 32.6 Å². The highest BCUT2D eigenvalue weighted by molar-refractivity contribution is 6.36. The maximum Gasteiger partial charge on any atom is 0.141 e. The fraction of sp³-hybridized carbons (Fsp3) is 0.111. The Morgan fingerprint density at radius 2 is 1.87 bits per heavy atom. The summed E-state index contributed by atoms with van der Waals surface area (Å²) in [6.45, 7) is 1.12. The molecular formula is C27H23Cl2FN8. The van der Waals surface area contributed by atoms with Gasteiger partial charge < -0.3 is 21.8 Å². The van der Waals surface area contributed by atoms with E-state index in [1.807, 2.05) is 47.6 Å². The molecule has 0 amide bonds. The van der Waals surface area contributed by atoms with Gasteiger partial charge in [-0.25, -0.2) is 4.39 Å². The van der Waals surface area contributed by atoms with Crippen LogP contribution < -0.4 is 27.3 Å². The van der Waals surface area contributed by atoms with Gasteiger partial charge in [0.2, 0.25) is 0 Å². The van der Waals surface area contributed by atoms with Crippen LogP contribution in [0.3, 0.4) is 0 Å². The molecule has 3 aromatic carbocycles. The number of pyridine rings is 1. The molecule has 0 bridgehead atoms. The molecule has 0 fully saturated rings. The highest BCUT2D eigenvalue weighted by Crippen LogP contribution is 2.37. The zero-order valence-corrected chi connectivity index (χ0v) is 21.5. The van der Waals surface area contributed by atoms with Gasteiger partial charge in [0, 0.05) is 42.2 Å². The standard InChI is InChI=1S/C27H23Cl2FN8/c28-21-11-18(6-7-23(21)30)34-25-17(13-32)14-33-27-20(25)10-19(12-22(27)29)35-26(16-4-2-1-3-5-16)24-15-38(9-8-31)37-36-24/h1-7,10-12,14-15,26,35-37H,8-9,31H2,(H,33,34)/t26-/m0/s1. The van der Waals surface area contributed by atoms with Crippen molar-refractivity contribution in [2.24, 2.45) is 5.73 Å². The summed E-state index contributed by atoms with van der Waals surface area (Å²) in [6, 6.07) is 19.8. The van der Waals surface area contributed by atoms with E-state index in [0.717, 1.165) is 11.3 Å². The fourth-order valence-corrected chi connectivity index (χ4v) is 4.66. The van der Waals surface area contributed by atoms with Crippen molar-refractivity contribution < 1.29 is 4.39 Å². The zero-order valence-electron chi connectivity index (χ0n) is 20.0. The van der Waals surface area contributed by atoms with Crippen molar-refractivity contribution >= 4 is 51.2 Å². The number of fused-ring (bicyclic) bond motifs is 1. The van der Waals surface area contributed by atoms with Crippen molar-refractivity contribution in [1.82, 2.24) is 21.0 Å². The first-order chi connectivity index (χ1) is 18.5. The largest absolute Gasteiger partial charge is 0.373 e. The van der Waals surface area contributed by atoms with Gasteiger partial charge in [-0.15, -0.1) is 5.53 Å². The highest BCUT2D eigenvalue weighted by Gasteiger charge is 2.23. The first-order valence-corrected chi connectivity index (χ1v) is 12.5. The number of nitrogens with zero attached hydrogens (tertiary/aromatic N) is 3. The molecule has 8 nitrogen and oxygen atoms in total. The van der Waals surface area contributed by atoms with Crippen molar-refractivity contribution in [3.05, 3.63) is 106 Å². The minimum absolute atomic E-state index is 0.0346. The van der Waals surface area contributed by atoms with E-state index >= 15 is 0 Å². The number of hydrogen-bond acceptors (Lipinski definition) is 8. The first kappa shape index (κ1) is 25.6. The van der Waals surface area contributed by atoms with Crippen LogP contribution in [-0.4, -0.2) is 23.1 Å². The van der Waals surface area contributed by atoms with Gasteiger partial charge in [-0.05, 0) is 35.9 Å². The molecule has 0 spiro atoms. The van der Waals surface area contributed by atoms with Crippen LogP contribution in [0, 0.1) is 17.1 Å². The van der Waals surface area contributed by atoms with Crippen LogP contribution in [0.15, 0.2) is 78.8 Å². The van der Waals surface area contributed by atoms with Crippen LogP contribution in [0.5, 0.6) is 0 Å². The smallest absolute Gasteiger partial charge is 0.141 e. The SMILES string of the molecule is N#Cc1cnc2c(Cl)cc(N[C@H](C3=CN(CCN)NN3)c3ccccc3)cc2c1Nc1ccc(F)c(Cl)c1. The lowest BCUT2D eigenvalue weighted by Crippen LogP contribution is -2.39. The number of benzene rings is 3. The Balaban J connectivity index is 1.58. The molecule has 1 aliphatic heterocycles. The van der Waals surface area contributed by atoms with Gasteiger partial charge in [-0.2, -0.15) is 5.26 Å². The second kappa shape index (κ2) is 11.1. The summed E-state index contributed by atoms with van der Waals surface area (Å²) in [5, 5.41) is 19.4. The number of aromatic nitrogens is 1. The van der Waals surface area contributed by atoms with Crippen molar-refractivity contribution in [3.8, 4) is 6.07 Å². The lowest BCUT2D eigenvalue weighted by atomic mass is 10.0. The molecular weight excluding hydrogens is 526 g/mol. The van der Waals surface area contributed by atoms with E-state index in [4.69, 9.17) is 28.9 Å². The minimum Gasteiger partial charge on any atom is -0.373 e. The molecule has 0 radical (unpaired) electrons. The Labute approximate surface area is 228 Å². The molecule has 5 rings (SSSR count). The summed E-state index contributed by atoms with van der Waals surface area (Å²) in [5.74, 6) is -0.534. The maximum atomic E-state index is 13.7. The third-order valence-electron chi connectivity index (χ3n) is 6.00. The van der Waals surface area contributed by atoms with Crippen LogP contribution in [0.1, 0.15) is 17.2 Å². The number of hydrazine groups is 2. The maximum absolute atomic E-state index is 13.7. The molecule has 11 heteroatoms. The quantitative estimate of drug-likeness (QED) is 0.194. The molecule has 2 heterocycles. The predicted octanol–water partition coefficient (Wildman–Crippen LogP) is 5.57. The van der Waals surface area contributed by atoms with Gasteiger partial charge >= 0.3 is 0 Å². The second-order valence-corrected chi connectivity index (χ2v) is 9.37. The predicted molar refractivity (Wildman–Crippen MR) is 149 cm³/mol. The normalized spacial score (nSPS) is 13.6. The number of nitrogens with one attached hydrogen (secondary N) is 4. The van der Waals surface area contributed by atoms with Crippen molar-refractivity contribution in [2.75, 3.05) is 23.7 Å². The van der Waals surface area contributed by atoms with Gasteiger partial charge in [0.1, 0.15) is 11.9 Å². The van der Waals surface area contributed by atoms with Gasteiger partial charge in [0.05, 0.1) is 38.6 Å². The molecule has 192 valence electrons. The molecule has 1 aromatic heterocycles. The number of nitrogens with two attached hydrogens (primary N) is 1. The Kier molecular flexibility index (Phi) is 7.49. The number of hydrogen-bond donors (Lipinski definition) is 5. The molecule has 1 atom stereocenters. The average Bonchev–Trinajstić information content (AvgIpc) is 3.38. The summed E-state index contributed by atoms with van der Waals surface area (Å²) < 4.78 is 13.7. The molecule has 0 aliphatic carbocycles. The van der Waals surface area contributed by atoms with Gasteiger partial charge in [0.25, 0.3) is 0 Å². The van der Waals surface area contributed by atoms with E-state index in [1.54, 1.807) is 12.1 Å². The Bertz CT molecular complexity index is 1550.